The van der Waals surface area contributed by atoms with Gasteiger partial charge in [-0.1, -0.05) is 24.3 Å². The second kappa shape index (κ2) is 4.45. The Bertz CT molecular complexity index is 358. The molecule has 0 aliphatic heterocycles. The molecule has 0 aliphatic carbocycles. The molecule has 0 bridgehead atoms. The van der Waals surface area contributed by atoms with Gasteiger partial charge in [0, 0.05) is 6.54 Å². The van der Waals surface area contributed by atoms with Crippen LogP contribution in [0.5, 0.6) is 0 Å². The Labute approximate surface area is 90.1 Å². The number of hydrogen-bond donors (Lipinski definition) is 2. The molecule has 2 N–H and O–H groups in total. The van der Waals surface area contributed by atoms with Crippen LogP contribution < -0.4 is 5.32 Å². The average Bonchev–Trinajstić information content (AvgIpc) is 2.16. The summed E-state index contributed by atoms with van der Waals surface area (Å²) in [6.45, 7) is 5.91. The number of nitrogens with one attached hydrogen (secondary N) is 1. The number of aliphatic carboxylic acids is 1. The lowest BCUT2D eigenvalue weighted by molar-refractivity contribution is -0.143. The van der Waals surface area contributed by atoms with Crippen LogP contribution in [0, 0.1) is 6.92 Å². The van der Waals surface area contributed by atoms with Crippen LogP contribution in [-0.2, 0) is 11.3 Å². The Morgan fingerprint density at radius 2 is 2.00 bits per heavy atom. The average molecular weight is 207 g/mol. The fourth-order valence-corrected chi connectivity index (χ4v) is 1.20. The third kappa shape index (κ3) is 3.06. The molecule has 0 fully saturated rings. The number of carbonyl (C=O) groups is 1. The Morgan fingerprint density at radius 3 is 2.53 bits per heavy atom. The van der Waals surface area contributed by atoms with E-state index in [1.807, 2.05) is 31.2 Å². The van der Waals surface area contributed by atoms with E-state index in [0.717, 1.165) is 5.56 Å². The topological polar surface area (TPSA) is 49.3 Å². The molecule has 0 spiro atoms. The second-order valence-electron chi connectivity index (χ2n) is 4.21. The van der Waals surface area contributed by atoms with E-state index in [2.05, 4.69) is 5.32 Å². The highest BCUT2D eigenvalue weighted by molar-refractivity contribution is 5.77. The van der Waals surface area contributed by atoms with Gasteiger partial charge >= 0.3 is 5.97 Å². The molecule has 0 heterocycles. The number of aryl methyl sites for hydroxylation is 1. The normalized spacial score (nSPS) is 11.4. The lowest BCUT2D eigenvalue weighted by Gasteiger charge is -2.21. The highest BCUT2D eigenvalue weighted by Gasteiger charge is 2.25. The minimum Gasteiger partial charge on any atom is -0.480 e. The summed E-state index contributed by atoms with van der Waals surface area (Å²) < 4.78 is 0. The molecular weight excluding hydrogens is 190 g/mol. The van der Waals surface area contributed by atoms with Gasteiger partial charge in [-0.25, -0.2) is 0 Å². The van der Waals surface area contributed by atoms with E-state index in [9.17, 15) is 4.79 Å². The van der Waals surface area contributed by atoms with Crippen LogP contribution in [0.1, 0.15) is 25.0 Å². The third-order valence-electron chi connectivity index (χ3n) is 2.52. The van der Waals surface area contributed by atoms with Gasteiger partial charge in [-0.15, -0.1) is 0 Å². The summed E-state index contributed by atoms with van der Waals surface area (Å²) in [5, 5.41) is 11.9. The summed E-state index contributed by atoms with van der Waals surface area (Å²) in [6.07, 6.45) is 0. The maximum Gasteiger partial charge on any atom is 0.323 e. The Kier molecular flexibility index (Phi) is 3.48. The number of carboxylic acid groups (broad SMARTS) is 1. The molecule has 1 aromatic rings. The van der Waals surface area contributed by atoms with Crippen LogP contribution in [-0.4, -0.2) is 16.6 Å². The number of rotatable bonds is 4. The molecule has 0 unspecified atom stereocenters. The number of carboxylic acids is 1. The fourth-order valence-electron chi connectivity index (χ4n) is 1.20. The first kappa shape index (κ1) is 11.7. The molecule has 15 heavy (non-hydrogen) atoms. The molecule has 0 saturated heterocycles. The van der Waals surface area contributed by atoms with Crippen LogP contribution in [0.25, 0.3) is 0 Å². The molecule has 0 atom stereocenters. The first-order valence-electron chi connectivity index (χ1n) is 4.96. The molecule has 1 aromatic carbocycles. The zero-order valence-electron chi connectivity index (χ0n) is 9.37. The number of hydrogen-bond acceptors (Lipinski definition) is 2. The van der Waals surface area contributed by atoms with E-state index in [1.54, 1.807) is 13.8 Å². The van der Waals surface area contributed by atoms with Gasteiger partial charge in [0.1, 0.15) is 5.54 Å². The summed E-state index contributed by atoms with van der Waals surface area (Å²) in [5.74, 6) is -0.837. The summed E-state index contributed by atoms with van der Waals surface area (Å²) in [6, 6.07) is 7.95. The standard InChI is InChI=1S/C12H17NO2/c1-9-6-4-5-7-10(9)8-13-12(2,3)11(14)15/h4-7,13H,8H2,1-3H3,(H,14,15). The molecule has 3 nitrogen and oxygen atoms in total. The van der Waals surface area contributed by atoms with Crippen molar-refractivity contribution in [2.45, 2.75) is 32.9 Å². The van der Waals surface area contributed by atoms with Crippen LogP contribution >= 0.6 is 0 Å². The van der Waals surface area contributed by atoms with E-state index >= 15 is 0 Å². The van der Waals surface area contributed by atoms with Crippen molar-refractivity contribution in [3.05, 3.63) is 35.4 Å². The Morgan fingerprint density at radius 1 is 1.40 bits per heavy atom. The highest BCUT2D eigenvalue weighted by Crippen LogP contribution is 2.09. The van der Waals surface area contributed by atoms with Gasteiger partial charge in [0.25, 0.3) is 0 Å². The molecule has 3 heteroatoms. The van der Waals surface area contributed by atoms with Gasteiger partial charge in [-0.3, -0.25) is 10.1 Å². The minimum atomic E-state index is -0.887. The number of benzene rings is 1. The van der Waals surface area contributed by atoms with Crippen LogP contribution in [0.2, 0.25) is 0 Å². The van der Waals surface area contributed by atoms with Crippen molar-refractivity contribution in [2.24, 2.45) is 0 Å². The predicted octanol–water partition coefficient (Wildman–Crippen LogP) is 1.95. The van der Waals surface area contributed by atoms with Gasteiger partial charge < -0.3 is 5.11 Å². The molecule has 0 aromatic heterocycles. The van der Waals surface area contributed by atoms with E-state index in [-0.39, 0.29) is 0 Å². The quantitative estimate of drug-likeness (QED) is 0.793. The molecule has 0 radical (unpaired) electrons. The van der Waals surface area contributed by atoms with E-state index < -0.39 is 11.5 Å². The van der Waals surface area contributed by atoms with E-state index in [4.69, 9.17) is 5.11 Å². The highest BCUT2D eigenvalue weighted by atomic mass is 16.4. The lowest BCUT2D eigenvalue weighted by atomic mass is 10.0. The summed E-state index contributed by atoms with van der Waals surface area (Å²) >= 11 is 0. The Balaban J connectivity index is 2.66. The summed E-state index contributed by atoms with van der Waals surface area (Å²) in [5.41, 5.74) is 1.42. The largest absolute Gasteiger partial charge is 0.480 e. The van der Waals surface area contributed by atoms with Crippen LogP contribution in [0.15, 0.2) is 24.3 Å². The van der Waals surface area contributed by atoms with Crippen molar-refractivity contribution in [1.29, 1.82) is 0 Å². The molecule has 0 aliphatic rings. The van der Waals surface area contributed by atoms with Gasteiger partial charge in [0.05, 0.1) is 0 Å². The monoisotopic (exact) mass is 207 g/mol. The Hall–Kier alpha value is -1.35. The van der Waals surface area contributed by atoms with Crippen molar-refractivity contribution in [2.75, 3.05) is 0 Å². The van der Waals surface area contributed by atoms with E-state index in [1.165, 1.54) is 5.56 Å². The molecular formula is C12H17NO2. The zero-order chi connectivity index (χ0) is 11.5. The smallest absolute Gasteiger partial charge is 0.323 e. The molecule has 0 saturated carbocycles. The van der Waals surface area contributed by atoms with Crippen molar-refractivity contribution in [1.82, 2.24) is 5.32 Å². The van der Waals surface area contributed by atoms with Gasteiger partial charge in [0.15, 0.2) is 0 Å². The first-order chi connectivity index (χ1) is 6.93. The maximum atomic E-state index is 10.9. The lowest BCUT2D eigenvalue weighted by Crippen LogP contribution is -2.46. The molecule has 82 valence electrons. The third-order valence-corrected chi connectivity index (χ3v) is 2.52. The van der Waals surface area contributed by atoms with Crippen molar-refractivity contribution in [3.8, 4) is 0 Å². The van der Waals surface area contributed by atoms with Crippen molar-refractivity contribution in [3.63, 3.8) is 0 Å². The predicted molar refractivity (Wildman–Crippen MR) is 59.7 cm³/mol. The maximum absolute atomic E-state index is 10.9. The first-order valence-corrected chi connectivity index (χ1v) is 4.96. The summed E-state index contributed by atoms with van der Waals surface area (Å²) in [7, 11) is 0. The van der Waals surface area contributed by atoms with Crippen molar-refractivity contribution < 1.29 is 9.90 Å². The molecule has 0 amide bonds. The molecule has 1 rings (SSSR count). The fraction of sp³-hybridized carbons (Fsp3) is 0.417. The SMILES string of the molecule is Cc1ccccc1CNC(C)(C)C(=O)O. The van der Waals surface area contributed by atoms with Crippen LogP contribution in [0.3, 0.4) is 0 Å². The summed E-state index contributed by atoms with van der Waals surface area (Å²) in [4.78, 5) is 10.9. The van der Waals surface area contributed by atoms with Gasteiger partial charge in [-0.05, 0) is 31.9 Å². The van der Waals surface area contributed by atoms with Gasteiger partial charge in [-0.2, -0.15) is 0 Å². The van der Waals surface area contributed by atoms with Crippen LogP contribution in [0.4, 0.5) is 0 Å². The van der Waals surface area contributed by atoms with Crippen molar-refractivity contribution >= 4 is 5.97 Å². The second-order valence-corrected chi connectivity index (χ2v) is 4.21. The zero-order valence-corrected chi connectivity index (χ0v) is 9.37. The minimum absolute atomic E-state index is 0.575. The van der Waals surface area contributed by atoms with Gasteiger partial charge in [0.2, 0.25) is 0 Å². The van der Waals surface area contributed by atoms with E-state index in [0.29, 0.717) is 6.54 Å².